The Kier molecular flexibility index (Phi) is 4.08. The maximum absolute atomic E-state index is 13.0. The van der Waals surface area contributed by atoms with Gasteiger partial charge in [0.05, 0.1) is 24.0 Å². The molecule has 24 heavy (non-hydrogen) atoms. The second-order valence-corrected chi connectivity index (χ2v) is 6.52. The lowest BCUT2D eigenvalue weighted by molar-refractivity contribution is 0.0764. The van der Waals surface area contributed by atoms with Gasteiger partial charge in [-0.2, -0.15) is 5.10 Å². The Morgan fingerprint density at radius 1 is 1.25 bits per heavy atom. The van der Waals surface area contributed by atoms with Crippen molar-refractivity contribution in [2.24, 2.45) is 0 Å². The Morgan fingerprint density at radius 3 is 2.88 bits per heavy atom. The average Bonchev–Trinajstić information content (AvgIpc) is 3.37. The molecular formula is C20H21N3O. The van der Waals surface area contributed by atoms with Crippen LogP contribution < -0.4 is 0 Å². The Balaban J connectivity index is 1.52. The quantitative estimate of drug-likeness (QED) is 0.816. The molecule has 2 heterocycles. The lowest BCUT2D eigenvalue weighted by atomic mass is 10.1. The van der Waals surface area contributed by atoms with Gasteiger partial charge < -0.3 is 4.90 Å². The van der Waals surface area contributed by atoms with Gasteiger partial charge in [0.15, 0.2) is 0 Å². The largest absolute Gasteiger partial charge is 0.324 e. The highest BCUT2D eigenvalue weighted by Gasteiger charge is 2.34. The molecule has 0 unspecified atom stereocenters. The zero-order valence-electron chi connectivity index (χ0n) is 13.7. The first kappa shape index (κ1) is 15.0. The summed E-state index contributed by atoms with van der Waals surface area (Å²) in [5, 5.41) is 4.40. The summed E-state index contributed by atoms with van der Waals surface area (Å²) >= 11 is 0. The van der Waals surface area contributed by atoms with Crippen molar-refractivity contribution in [2.75, 3.05) is 6.54 Å². The fraction of sp³-hybridized carbons (Fsp3) is 0.400. The summed E-state index contributed by atoms with van der Waals surface area (Å²) in [6, 6.07) is 10.3. The van der Waals surface area contributed by atoms with E-state index in [1.165, 1.54) is 0 Å². The number of aromatic nitrogens is 2. The molecule has 4 heteroatoms. The molecule has 4 rings (SSSR count). The fourth-order valence-electron chi connectivity index (χ4n) is 3.26. The minimum Gasteiger partial charge on any atom is -0.324 e. The van der Waals surface area contributed by atoms with E-state index in [9.17, 15) is 4.79 Å². The van der Waals surface area contributed by atoms with Crippen molar-refractivity contribution < 1.29 is 4.79 Å². The molecule has 1 amide bonds. The van der Waals surface area contributed by atoms with Crippen molar-refractivity contribution in [2.45, 2.75) is 44.7 Å². The number of hydrogen-bond donors (Lipinski definition) is 0. The van der Waals surface area contributed by atoms with E-state index in [0.717, 1.165) is 55.5 Å². The molecular weight excluding hydrogens is 298 g/mol. The van der Waals surface area contributed by atoms with Crippen LogP contribution in [0.15, 0.2) is 36.5 Å². The molecule has 1 fully saturated rings. The van der Waals surface area contributed by atoms with E-state index in [2.05, 4.69) is 16.9 Å². The van der Waals surface area contributed by atoms with Gasteiger partial charge in [-0.1, -0.05) is 30.0 Å². The van der Waals surface area contributed by atoms with Crippen LogP contribution >= 0.6 is 0 Å². The van der Waals surface area contributed by atoms with Crippen molar-refractivity contribution >= 4 is 5.91 Å². The summed E-state index contributed by atoms with van der Waals surface area (Å²) in [4.78, 5) is 14.9. The van der Waals surface area contributed by atoms with E-state index in [-0.39, 0.29) is 5.91 Å². The number of hydrogen-bond acceptors (Lipinski definition) is 2. The third-order valence-corrected chi connectivity index (χ3v) is 4.72. The molecule has 0 atom stereocenters. The summed E-state index contributed by atoms with van der Waals surface area (Å²) in [7, 11) is 0. The second kappa shape index (κ2) is 6.52. The molecule has 4 nitrogen and oxygen atoms in total. The molecule has 0 bridgehead atoms. The van der Waals surface area contributed by atoms with Gasteiger partial charge in [-0.05, 0) is 44.2 Å². The lowest BCUT2D eigenvalue weighted by Crippen LogP contribution is -2.34. The first-order chi connectivity index (χ1) is 11.8. The number of rotatable bonds is 3. The van der Waals surface area contributed by atoms with Gasteiger partial charge in [-0.15, -0.1) is 0 Å². The third kappa shape index (κ3) is 3.07. The molecule has 2 aliphatic rings. The van der Waals surface area contributed by atoms with Crippen LogP contribution in [0.25, 0.3) is 0 Å². The maximum Gasteiger partial charge on any atom is 0.258 e. The number of nitrogens with zero attached hydrogens (tertiary/aromatic N) is 3. The molecule has 0 spiro atoms. The van der Waals surface area contributed by atoms with Gasteiger partial charge in [-0.25, -0.2) is 0 Å². The number of benzene rings is 1. The minimum absolute atomic E-state index is 0.100. The lowest BCUT2D eigenvalue weighted by Gasteiger charge is -2.21. The number of carbonyl (C=O) groups excluding carboxylic acids is 1. The SMILES string of the molecule is O=C(c1cnn2c1CCCC2)N(CC#Cc1ccccc1)C1CC1. The van der Waals surface area contributed by atoms with Crippen LogP contribution in [0.4, 0.5) is 0 Å². The smallest absolute Gasteiger partial charge is 0.258 e. The zero-order valence-corrected chi connectivity index (χ0v) is 13.7. The van der Waals surface area contributed by atoms with Gasteiger partial charge in [-0.3, -0.25) is 9.48 Å². The van der Waals surface area contributed by atoms with Crippen molar-refractivity contribution in [3.63, 3.8) is 0 Å². The van der Waals surface area contributed by atoms with E-state index in [1.54, 1.807) is 6.20 Å². The molecule has 0 N–H and O–H groups in total. The van der Waals surface area contributed by atoms with E-state index in [1.807, 2.05) is 39.9 Å². The molecule has 0 radical (unpaired) electrons. The van der Waals surface area contributed by atoms with E-state index < -0.39 is 0 Å². The minimum atomic E-state index is 0.100. The number of amides is 1. The predicted molar refractivity (Wildman–Crippen MR) is 92.5 cm³/mol. The van der Waals surface area contributed by atoms with Crippen LogP contribution in [0.1, 0.15) is 47.3 Å². The van der Waals surface area contributed by atoms with Gasteiger partial charge in [0.25, 0.3) is 5.91 Å². The fourth-order valence-corrected chi connectivity index (χ4v) is 3.26. The highest BCUT2D eigenvalue weighted by atomic mass is 16.2. The van der Waals surface area contributed by atoms with Crippen molar-refractivity contribution in [3.8, 4) is 11.8 Å². The average molecular weight is 319 g/mol. The van der Waals surface area contributed by atoms with E-state index in [4.69, 9.17) is 0 Å². The Bertz CT molecular complexity index is 793. The van der Waals surface area contributed by atoms with Crippen LogP contribution in [-0.2, 0) is 13.0 Å². The van der Waals surface area contributed by atoms with Crippen LogP contribution in [0.2, 0.25) is 0 Å². The van der Waals surface area contributed by atoms with Crippen LogP contribution in [0.3, 0.4) is 0 Å². The maximum atomic E-state index is 13.0. The van der Waals surface area contributed by atoms with Crippen LogP contribution in [0.5, 0.6) is 0 Å². The Morgan fingerprint density at radius 2 is 2.08 bits per heavy atom. The highest BCUT2D eigenvalue weighted by molar-refractivity contribution is 5.95. The zero-order chi connectivity index (χ0) is 16.4. The molecule has 1 aliphatic carbocycles. The Hall–Kier alpha value is -2.54. The van der Waals surface area contributed by atoms with Crippen molar-refractivity contribution in [3.05, 3.63) is 53.3 Å². The Labute approximate surface area is 142 Å². The molecule has 122 valence electrons. The van der Waals surface area contributed by atoms with Crippen LogP contribution in [0, 0.1) is 11.8 Å². The van der Waals surface area contributed by atoms with Gasteiger partial charge in [0.1, 0.15) is 0 Å². The van der Waals surface area contributed by atoms with E-state index >= 15 is 0 Å². The van der Waals surface area contributed by atoms with Crippen LogP contribution in [-0.4, -0.2) is 33.2 Å². The number of aryl methyl sites for hydroxylation is 1. The van der Waals surface area contributed by atoms with Gasteiger partial charge in [0, 0.05) is 18.2 Å². The van der Waals surface area contributed by atoms with Crippen molar-refractivity contribution in [1.29, 1.82) is 0 Å². The summed E-state index contributed by atoms with van der Waals surface area (Å²) in [5.41, 5.74) is 2.87. The standard InChI is InChI=1S/C20H21N3O/c24-20(18-15-21-23-14-5-4-10-19(18)23)22(17-11-12-17)13-6-9-16-7-2-1-3-8-16/h1-3,7-8,15,17H,4-5,10-14H2. The topological polar surface area (TPSA) is 38.1 Å². The van der Waals surface area contributed by atoms with E-state index in [0.29, 0.717) is 12.6 Å². The van der Waals surface area contributed by atoms with Gasteiger partial charge >= 0.3 is 0 Å². The summed E-state index contributed by atoms with van der Waals surface area (Å²) < 4.78 is 2.00. The summed E-state index contributed by atoms with van der Waals surface area (Å²) in [5.74, 6) is 6.43. The van der Waals surface area contributed by atoms with Crippen molar-refractivity contribution in [1.82, 2.24) is 14.7 Å². The number of fused-ring (bicyclic) bond motifs is 1. The number of carbonyl (C=O) groups is 1. The van der Waals surface area contributed by atoms with Gasteiger partial charge in [0.2, 0.25) is 0 Å². The molecule has 1 aromatic carbocycles. The molecule has 2 aromatic rings. The molecule has 0 saturated heterocycles. The molecule has 1 aromatic heterocycles. The predicted octanol–water partition coefficient (Wildman–Crippen LogP) is 2.88. The molecule has 1 saturated carbocycles. The first-order valence-corrected chi connectivity index (χ1v) is 8.72. The highest BCUT2D eigenvalue weighted by Crippen LogP contribution is 2.29. The molecule has 1 aliphatic heterocycles. The second-order valence-electron chi connectivity index (χ2n) is 6.52. The normalized spacial score (nSPS) is 16.0. The first-order valence-electron chi connectivity index (χ1n) is 8.72. The summed E-state index contributed by atoms with van der Waals surface area (Å²) in [6.07, 6.45) is 7.17. The third-order valence-electron chi connectivity index (χ3n) is 4.72. The monoisotopic (exact) mass is 319 g/mol. The summed E-state index contributed by atoms with van der Waals surface area (Å²) in [6.45, 7) is 1.42.